The van der Waals surface area contributed by atoms with Crippen molar-refractivity contribution in [1.29, 1.82) is 0 Å². The maximum Gasteiger partial charge on any atom is 0.412 e. The van der Waals surface area contributed by atoms with Crippen LogP contribution in [0.2, 0.25) is 0 Å². The molecule has 0 bridgehead atoms. The zero-order valence-electron chi connectivity index (χ0n) is 19.8. The number of nitrogens with zero attached hydrogens (tertiary/aromatic N) is 2. The Balaban J connectivity index is 1.63. The van der Waals surface area contributed by atoms with Gasteiger partial charge in [-0.25, -0.2) is 9.78 Å². The van der Waals surface area contributed by atoms with Crippen LogP contribution in [0.1, 0.15) is 37.5 Å². The number of anilines is 1. The summed E-state index contributed by atoms with van der Waals surface area (Å²) in [6, 6.07) is 23.0. The first-order chi connectivity index (χ1) is 16.8. The molecule has 0 radical (unpaired) electrons. The quantitative estimate of drug-likeness (QED) is 0.119. The third-order valence-electron chi connectivity index (χ3n) is 5.16. The fraction of sp³-hybridized carbons (Fsp3) is 0.259. The van der Waals surface area contributed by atoms with Crippen LogP contribution in [0, 0.1) is 0 Å². The largest absolute Gasteiger partial charge is 0.444 e. The Kier molecular flexibility index (Phi) is 8.64. The number of aromatic nitrogens is 2. The van der Waals surface area contributed by atoms with E-state index in [1.165, 1.54) is 16.7 Å². The molecule has 4 rings (SSSR count). The SMILES string of the molecule is CC(C)(C)OC(=O)Nc1ccc(-n2c(SCc3ccc(CI)cc3)nc3ccc(CI)cc32)cc1. The number of imidazole rings is 1. The van der Waals surface area contributed by atoms with Gasteiger partial charge in [-0.2, -0.15) is 0 Å². The highest BCUT2D eigenvalue weighted by Gasteiger charge is 2.17. The van der Waals surface area contributed by atoms with E-state index in [0.717, 1.165) is 36.5 Å². The van der Waals surface area contributed by atoms with Crippen LogP contribution in [-0.4, -0.2) is 21.2 Å². The normalized spacial score (nSPS) is 11.6. The number of halogens is 2. The van der Waals surface area contributed by atoms with Crippen LogP contribution in [0.5, 0.6) is 0 Å². The average Bonchev–Trinajstić information content (AvgIpc) is 3.19. The van der Waals surface area contributed by atoms with Crippen molar-refractivity contribution in [2.75, 3.05) is 5.32 Å². The second-order valence-corrected chi connectivity index (χ2v) is 11.6. The van der Waals surface area contributed by atoms with Gasteiger partial charge in [0, 0.05) is 26.0 Å². The number of ether oxygens (including phenoxy) is 1. The summed E-state index contributed by atoms with van der Waals surface area (Å²) in [5.41, 5.74) is 7.05. The van der Waals surface area contributed by atoms with Gasteiger partial charge in [0.25, 0.3) is 0 Å². The van der Waals surface area contributed by atoms with Crippen LogP contribution in [0.4, 0.5) is 10.5 Å². The smallest absolute Gasteiger partial charge is 0.412 e. The first-order valence-electron chi connectivity index (χ1n) is 11.2. The number of thioether (sulfide) groups is 1. The minimum Gasteiger partial charge on any atom is -0.444 e. The van der Waals surface area contributed by atoms with Crippen LogP contribution in [0.25, 0.3) is 16.7 Å². The summed E-state index contributed by atoms with van der Waals surface area (Å²) >= 11 is 6.50. The van der Waals surface area contributed by atoms with Gasteiger partial charge in [0.15, 0.2) is 5.16 Å². The fourth-order valence-corrected chi connectivity index (χ4v) is 5.48. The van der Waals surface area contributed by atoms with Gasteiger partial charge in [-0.3, -0.25) is 9.88 Å². The Morgan fingerprint density at radius 3 is 2.20 bits per heavy atom. The van der Waals surface area contributed by atoms with Gasteiger partial charge < -0.3 is 4.74 Å². The highest BCUT2D eigenvalue weighted by Crippen LogP contribution is 2.31. The van der Waals surface area contributed by atoms with Crippen molar-refractivity contribution in [1.82, 2.24) is 9.55 Å². The summed E-state index contributed by atoms with van der Waals surface area (Å²) in [4.78, 5) is 17.1. The zero-order valence-corrected chi connectivity index (χ0v) is 25.0. The van der Waals surface area contributed by atoms with E-state index in [1.54, 1.807) is 11.8 Å². The molecule has 8 heteroatoms. The Labute approximate surface area is 237 Å². The summed E-state index contributed by atoms with van der Waals surface area (Å²) in [7, 11) is 0. The van der Waals surface area contributed by atoms with Gasteiger partial charge in [0.2, 0.25) is 0 Å². The van der Waals surface area contributed by atoms with Crippen LogP contribution < -0.4 is 5.32 Å². The molecule has 0 aliphatic carbocycles. The van der Waals surface area contributed by atoms with E-state index in [0.29, 0.717) is 5.69 Å². The molecule has 0 saturated heterocycles. The predicted molar refractivity (Wildman–Crippen MR) is 162 cm³/mol. The second kappa shape index (κ2) is 11.5. The summed E-state index contributed by atoms with van der Waals surface area (Å²) in [6.45, 7) is 5.54. The first-order valence-corrected chi connectivity index (χ1v) is 15.2. The molecular formula is C27H27I2N3O2S. The minimum absolute atomic E-state index is 0.463. The number of carbonyl (C=O) groups excluding carboxylic acids is 1. The number of amides is 1. The lowest BCUT2D eigenvalue weighted by atomic mass is 10.2. The van der Waals surface area contributed by atoms with E-state index < -0.39 is 11.7 Å². The van der Waals surface area contributed by atoms with E-state index in [9.17, 15) is 4.79 Å². The van der Waals surface area contributed by atoms with Gasteiger partial charge >= 0.3 is 6.09 Å². The van der Waals surface area contributed by atoms with Gasteiger partial charge in [0.05, 0.1) is 11.0 Å². The van der Waals surface area contributed by atoms with Crippen molar-refractivity contribution in [3.8, 4) is 5.69 Å². The number of fused-ring (bicyclic) bond motifs is 1. The monoisotopic (exact) mass is 711 g/mol. The van der Waals surface area contributed by atoms with Crippen molar-refractivity contribution < 1.29 is 9.53 Å². The van der Waals surface area contributed by atoms with Gasteiger partial charge in [-0.05, 0) is 73.9 Å². The Morgan fingerprint density at radius 1 is 0.943 bits per heavy atom. The van der Waals surface area contributed by atoms with E-state index in [4.69, 9.17) is 9.72 Å². The molecule has 3 aromatic carbocycles. The summed E-state index contributed by atoms with van der Waals surface area (Å²) in [6.07, 6.45) is -0.463. The van der Waals surface area contributed by atoms with Crippen molar-refractivity contribution in [2.24, 2.45) is 0 Å². The average molecular weight is 711 g/mol. The molecule has 0 unspecified atom stereocenters. The van der Waals surface area contributed by atoms with Crippen molar-refractivity contribution in [2.45, 2.75) is 46.1 Å². The predicted octanol–water partition coefficient (Wildman–Crippen LogP) is 8.53. The van der Waals surface area contributed by atoms with E-state index >= 15 is 0 Å². The number of rotatable bonds is 7. The molecule has 0 spiro atoms. The minimum atomic E-state index is -0.543. The molecular weight excluding hydrogens is 684 g/mol. The van der Waals surface area contributed by atoms with Crippen LogP contribution in [-0.2, 0) is 19.3 Å². The van der Waals surface area contributed by atoms with Crippen LogP contribution in [0.3, 0.4) is 0 Å². The van der Waals surface area contributed by atoms with Crippen molar-refractivity contribution >= 4 is 79.8 Å². The molecule has 1 aromatic heterocycles. The molecule has 0 aliphatic heterocycles. The van der Waals surface area contributed by atoms with Gasteiger partial charge in [0.1, 0.15) is 5.60 Å². The molecule has 1 N–H and O–H groups in total. The molecule has 0 atom stereocenters. The standard InChI is InChI=1S/C27H27I2N3O2S/c1-27(2,3)34-26(33)30-21-9-11-22(12-10-21)32-24-14-20(16-29)8-13-23(24)31-25(32)35-17-19-6-4-18(15-28)5-7-19/h4-14H,15-17H2,1-3H3,(H,30,33). The molecule has 1 amide bonds. The third-order valence-corrected chi connectivity index (χ3v) is 7.93. The maximum atomic E-state index is 12.1. The molecule has 182 valence electrons. The Morgan fingerprint density at radius 2 is 1.57 bits per heavy atom. The number of hydrogen-bond acceptors (Lipinski definition) is 4. The van der Waals surface area contributed by atoms with E-state index in [-0.39, 0.29) is 0 Å². The lowest BCUT2D eigenvalue weighted by Crippen LogP contribution is -2.27. The number of benzene rings is 3. The van der Waals surface area contributed by atoms with Crippen molar-refractivity contribution in [3.05, 3.63) is 83.4 Å². The number of hydrogen-bond donors (Lipinski definition) is 1. The van der Waals surface area contributed by atoms with Gasteiger partial charge in [-0.15, -0.1) is 0 Å². The molecule has 0 saturated carbocycles. The highest BCUT2D eigenvalue weighted by atomic mass is 127. The number of alkyl halides is 2. The number of carbonyl (C=O) groups is 1. The molecule has 1 heterocycles. The fourth-order valence-electron chi connectivity index (χ4n) is 3.52. The number of nitrogens with one attached hydrogen (secondary N) is 1. The van der Waals surface area contributed by atoms with E-state index in [1.807, 2.05) is 45.0 Å². The maximum absolute atomic E-state index is 12.1. The Hall–Kier alpha value is -1.79. The van der Waals surface area contributed by atoms with Crippen LogP contribution in [0.15, 0.2) is 71.9 Å². The molecule has 5 nitrogen and oxygen atoms in total. The molecule has 0 fully saturated rings. The first kappa shape index (κ1) is 26.3. The van der Waals surface area contributed by atoms with Crippen LogP contribution >= 0.6 is 56.9 Å². The van der Waals surface area contributed by atoms with Gasteiger partial charge in [-0.1, -0.05) is 87.3 Å². The Bertz CT molecular complexity index is 1310. The zero-order chi connectivity index (χ0) is 25.0. The third kappa shape index (κ3) is 6.91. The summed E-state index contributed by atoms with van der Waals surface area (Å²) in [5, 5.41) is 3.75. The van der Waals surface area contributed by atoms with E-state index in [2.05, 4.69) is 97.5 Å². The molecule has 0 aliphatic rings. The lowest BCUT2D eigenvalue weighted by Gasteiger charge is -2.19. The molecule has 4 aromatic rings. The van der Waals surface area contributed by atoms with Crippen molar-refractivity contribution in [3.63, 3.8) is 0 Å². The second-order valence-electron chi connectivity index (χ2n) is 9.10. The molecule has 35 heavy (non-hydrogen) atoms. The lowest BCUT2D eigenvalue weighted by molar-refractivity contribution is 0.0636. The summed E-state index contributed by atoms with van der Waals surface area (Å²) < 4.78 is 9.51. The highest BCUT2D eigenvalue weighted by molar-refractivity contribution is 14.1. The summed E-state index contributed by atoms with van der Waals surface area (Å²) in [5.74, 6) is 0.836. The topological polar surface area (TPSA) is 56.1 Å².